The number of benzene rings is 2. The molecule has 1 fully saturated rings. The lowest BCUT2D eigenvalue weighted by atomic mass is 10.2. The molecule has 0 aromatic heterocycles. The van der Waals surface area contributed by atoms with E-state index >= 15 is 0 Å². The van der Waals surface area contributed by atoms with Crippen molar-refractivity contribution in [1.82, 2.24) is 9.80 Å². The summed E-state index contributed by atoms with van der Waals surface area (Å²) < 4.78 is 21.7. The number of carbonyl (C=O) groups excluding carboxylic acids is 1. The molecular formula is C22H28N2O5. The van der Waals surface area contributed by atoms with Crippen LogP contribution in [0.15, 0.2) is 48.5 Å². The first-order valence-electron chi connectivity index (χ1n) is 9.72. The van der Waals surface area contributed by atoms with Crippen LogP contribution in [-0.2, 0) is 11.3 Å². The topological polar surface area (TPSA) is 60.5 Å². The van der Waals surface area contributed by atoms with E-state index in [1.165, 1.54) is 0 Å². The van der Waals surface area contributed by atoms with Crippen molar-refractivity contribution in [3.05, 3.63) is 54.1 Å². The molecule has 0 unspecified atom stereocenters. The summed E-state index contributed by atoms with van der Waals surface area (Å²) in [5.74, 6) is 1.82. The number of carbonyl (C=O) groups is 1. The predicted molar refractivity (Wildman–Crippen MR) is 110 cm³/mol. The average molecular weight is 400 g/mol. The van der Waals surface area contributed by atoms with Gasteiger partial charge in [0.1, 0.15) is 5.75 Å². The Bertz CT molecular complexity index is 778. The molecular weight excluding hydrogens is 372 g/mol. The van der Waals surface area contributed by atoms with E-state index in [4.69, 9.17) is 18.9 Å². The normalized spacial score (nSPS) is 14.3. The van der Waals surface area contributed by atoms with Crippen LogP contribution in [0, 0.1) is 0 Å². The summed E-state index contributed by atoms with van der Waals surface area (Å²) in [5.41, 5.74) is 0.939. The maximum absolute atomic E-state index is 12.9. The van der Waals surface area contributed by atoms with Gasteiger partial charge in [-0.15, -0.1) is 0 Å². The van der Waals surface area contributed by atoms with Crippen molar-refractivity contribution in [3.8, 4) is 17.2 Å². The molecule has 1 amide bonds. The Morgan fingerprint density at radius 3 is 2.45 bits per heavy atom. The van der Waals surface area contributed by atoms with Crippen LogP contribution >= 0.6 is 0 Å². The maximum atomic E-state index is 12.9. The summed E-state index contributed by atoms with van der Waals surface area (Å²) >= 11 is 0. The molecule has 3 rings (SSSR count). The first-order valence-corrected chi connectivity index (χ1v) is 9.72. The second kappa shape index (κ2) is 10.7. The molecule has 2 aromatic carbocycles. The Kier molecular flexibility index (Phi) is 7.72. The van der Waals surface area contributed by atoms with Gasteiger partial charge in [-0.25, -0.2) is 4.79 Å². The number of hydrogen-bond donors (Lipinski definition) is 0. The molecule has 1 aliphatic heterocycles. The van der Waals surface area contributed by atoms with Gasteiger partial charge in [0.25, 0.3) is 0 Å². The summed E-state index contributed by atoms with van der Waals surface area (Å²) in [6, 6.07) is 14.8. The van der Waals surface area contributed by atoms with Crippen molar-refractivity contribution in [2.75, 3.05) is 53.6 Å². The number of morpholine rings is 1. The predicted octanol–water partition coefficient (Wildman–Crippen LogP) is 3.04. The van der Waals surface area contributed by atoms with Crippen LogP contribution in [0.3, 0.4) is 0 Å². The molecule has 1 heterocycles. The highest BCUT2D eigenvalue weighted by Gasteiger charge is 2.19. The smallest absolute Gasteiger partial charge is 0.415 e. The number of amides is 1. The van der Waals surface area contributed by atoms with Gasteiger partial charge in [-0.1, -0.05) is 24.3 Å². The lowest BCUT2D eigenvalue weighted by Crippen LogP contribution is -2.43. The van der Waals surface area contributed by atoms with Crippen LogP contribution in [0.25, 0.3) is 0 Å². The van der Waals surface area contributed by atoms with Gasteiger partial charge < -0.3 is 23.8 Å². The number of para-hydroxylation sites is 1. The van der Waals surface area contributed by atoms with E-state index in [0.717, 1.165) is 38.4 Å². The minimum Gasteiger partial charge on any atom is -0.493 e. The molecule has 0 saturated carbocycles. The molecule has 2 aromatic rings. The van der Waals surface area contributed by atoms with Gasteiger partial charge in [0.05, 0.1) is 27.4 Å². The summed E-state index contributed by atoms with van der Waals surface area (Å²) in [4.78, 5) is 16.9. The van der Waals surface area contributed by atoms with Crippen LogP contribution in [0.1, 0.15) is 5.56 Å². The van der Waals surface area contributed by atoms with E-state index in [9.17, 15) is 4.79 Å². The number of rotatable bonds is 8. The minimum absolute atomic E-state index is 0.376. The van der Waals surface area contributed by atoms with Crippen molar-refractivity contribution >= 4 is 6.09 Å². The van der Waals surface area contributed by atoms with Gasteiger partial charge in [0, 0.05) is 32.7 Å². The molecule has 0 bridgehead atoms. The van der Waals surface area contributed by atoms with E-state index in [-0.39, 0.29) is 6.09 Å². The first kappa shape index (κ1) is 21.0. The minimum atomic E-state index is -0.376. The van der Waals surface area contributed by atoms with Gasteiger partial charge in [-0.05, 0) is 29.8 Å². The van der Waals surface area contributed by atoms with E-state index in [1.807, 2.05) is 36.4 Å². The highest BCUT2D eigenvalue weighted by Crippen LogP contribution is 2.28. The van der Waals surface area contributed by atoms with Crippen molar-refractivity contribution in [3.63, 3.8) is 0 Å². The Hall–Kier alpha value is -2.77. The number of ether oxygens (including phenoxy) is 4. The van der Waals surface area contributed by atoms with Crippen molar-refractivity contribution in [1.29, 1.82) is 0 Å². The fraction of sp³-hybridized carbons (Fsp3) is 0.409. The Balaban J connectivity index is 1.71. The van der Waals surface area contributed by atoms with E-state index < -0.39 is 0 Å². The lowest BCUT2D eigenvalue weighted by molar-refractivity contribution is 0.0335. The second-order valence-corrected chi connectivity index (χ2v) is 6.75. The highest BCUT2D eigenvalue weighted by atomic mass is 16.6. The van der Waals surface area contributed by atoms with Gasteiger partial charge in [0.2, 0.25) is 0 Å². The van der Waals surface area contributed by atoms with Crippen LogP contribution in [-0.4, -0.2) is 69.5 Å². The second-order valence-electron chi connectivity index (χ2n) is 6.75. The molecule has 0 radical (unpaired) electrons. The van der Waals surface area contributed by atoms with Crippen LogP contribution < -0.4 is 14.2 Å². The van der Waals surface area contributed by atoms with Crippen LogP contribution in [0.4, 0.5) is 4.79 Å². The van der Waals surface area contributed by atoms with Gasteiger partial charge in [-0.3, -0.25) is 4.90 Å². The van der Waals surface area contributed by atoms with Crippen LogP contribution in [0.2, 0.25) is 0 Å². The zero-order chi connectivity index (χ0) is 20.5. The molecule has 0 aliphatic carbocycles. The Morgan fingerprint density at radius 1 is 1.03 bits per heavy atom. The van der Waals surface area contributed by atoms with Gasteiger partial charge >= 0.3 is 6.09 Å². The van der Waals surface area contributed by atoms with Gasteiger partial charge in [0.15, 0.2) is 11.5 Å². The largest absolute Gasteiger partial charge is 0.493 e. The fourth-order valence-corrected chi connectivity index (χ4v) is 3.18. The van der Waals surface area contributed by atoms with Crippen molar-refractivity contribution in [2.24, 2.45) is 0 Å². The van der Waals surface area contributed by atoms with E-state index in [1.54, 1.807) is 31.3 Å². The third-order valence-corrected chi connectivity index (χ3v) is 4.82. The Labute approximate surface area is 171 Å². The molecule has 0 atom stereocenters. The maximum Gasteiger partial charge on any atom is 0.415 e. The summed E-state index contributed by atoms with van der Waals surface area (Å²) in [6.07, 6.45) is -0.376. The molecule has 1 aliphatic rings. The van der Waals surface area contributed by atoms with E-state index in [0.29, 0.717) is 30.3 Å². The molecule has 0 N–H and O–H groups in total. The Morgan fingerprint density at radius 2 is 1.76 bits per heavy atom. The zero-order valence-electron chi connectivity index (χ0n) is 17.0. The van der Waals surface area contributed by atoms with Crippen molar-refractivity contribution < 1.29 is 23.7 Å². The summed E-state index contributed by atoms with van der Waals surface area (Å²) in [7, 11) is 3.20. The first-order chi connectivity index (χ1) is 14.2. The summed E-state index contributed by atoms with van der Waals surface area (Å²) in [5, 5.41) is 0. The van der Waals surface area contributed by atoms with E-state index in [2.05, 4.69) is 4.90 Å². The third-order valence-electron chi connectivity index (χ3n) is 4.82. The summed E-state index contributed by atoms with van der Waals surface area (Å²) in [6.45, 7) is 4.93. The molecule has 0 spiro atoms. The molecule has 29 heavy (non-hydrogen) atoms. The monoisotopic (exact) mass is 400 g/mol. The lowest BCUT2D eigenvalue weighted by Gasteiger charge is -2.29. The number of nitrogens with zero attached hydrogens (tertiary/aromatic N) is 2. The third kappa shape index (κ3) is 6.10. The van der Waals surface area contributed by atoms with Crippen LogP contribution in [0.5, 0.6) is 17.2 Å². The number of hydrogen-bond acceptors (Lipinski definition) is 6. The quantitative estimate of drug-likeness (QED) is 0.679. The van der Waals surface area contributed by atoms with Gasteiger partial charge in [-0.2, -0.15) is 0 Å². The molecule has 7 nitrogen and oxygen atoms in total. The average Bonchev–Trinajstić information content (AvgIpc) is 2.77. The highest BCUT2D eigenvalue weighted by molar-refractivity contribution is 5.70. The standard InChI is InChI=1S/C22H28N2O5/c1-26-20-9-8-18(16-21(20)27-2)17-24(11-10-23-12-14-28-15-13-23)22(25)29-19-6-4-3-5-7-19/h3-9,16H,10-15,17H2,1-2H3. The molecule has 7 heteroatoms. The molecule has 156 valence electrons. The zero-order valence-corrected chi connectivity index (χ0v) is 17.0. The fourth-order valence-electron chi connectivity index (χ4n) is 3.18. The number of methoxy groups -OCH3 is 2. The van der Waals surface area contributed by atoms with Crippen molar-refractivity contribution in [2.45, 2.75) is 6.54 Å². The molecule has 1 saturated heterocycles. The SMILES string of the molecule is COc1ccc(CN(CCN2CCOCC2)C(=O)Oc2ccccc2)cc1OC.